The summed E-state index contributed by atoms with van der Waals surface area (Å²) in [6.45, 7) is 4.84. The first-order valence-electron chi connectivity index (χ1n) is 12.2. The Morgan fingerprint density at radius 3 is 2.21 bits per heavy atom. The number of unbranched alkanes of at least 4 members (excludes halogenated alkanes) is 7. The summed E-state index contributed by atoms with van der Waals surface area (Å²) in [7, 11) is 0. The predicted octanol–water partition coefficient (Wildman–Crippen LogP) is 7.09. The molecule has 2 aliphatic rings. The topological polar surface area (TPSA) is 20.3 Å². The largest absolute Gasteiger partial charge is 0.299 e. The van der Waals surface area contributed by atoms with Gasteiger partial charge >= 0.3 is 0 Å². The molecular formula is C27H41NO. The van der Waals surface area contributed by atoms with Gasteiger partial charge in [-0.2, -0.15) is 0 Å². The Labute approximate surface area is 178 Å². The van der Waals surface area contributed by atoms with Crippen molar-refractivity contribution in [3.63, 3.8) is 0 Å². The second-order valence-electron chi connectivity index (χ2n) is 9.33. The maximum absolute atomic E-state index is 12.9. The number of hydrogen-bond donors (Lipinski definition) is 0. The molecule has 3 rings (SSSR count). The molecule has 0 N–H and O–H groups in total. The first-order chi connectivity index (χ1) is 14.3. The highest BCUT2D eigenvalue weighted by Crippen LogP contribution is 2.38. The third-order valence-corrected chi connectivity index (χ3v) is 7.12. The molecule has 2 aliphatic heterocycles. The Bertz CT molecular complexity index is 596. The van der Waals surface area contributed by atoms with Gasteiger partial charge in [0, 0.05) is 31.0 Å². The zero-order valence-electron chi connectivity index (χ0n) is 18.4. The van der Waals surface area contributed by atoms with Crippen molar-refractivity contribution < 1.29 is 4.79 Å². The van der Waals surface area contributed by atoms with E-state index >= 15 is 0 Å². The van der Waals surface area contributed by atoms with Crippen molar-refractivity contribution in [2.75, 3.05) is 0 Å². The van der Waals surface area contributed by atoms with E-state index in [0.29, 0.717) is 23.8 Å². The van der Waals surface area contributed by atoms with Crippen LogP contribution in [-0.2, 0) is 11.3 Å². The summed E-state index contributed by atoms with van der Waals surface area (Å²) >= 11 is 0. The van der Waals surface area contributed by atoms with E-state index in [1.807, 2.05) is 6.08 Å². The second kappa shape index (κ2) is 12.3. The van der Waals surface area contributed by atoms with Gasteiger partial charge < -0.3 is 0 Å². The summed E-state index contributed by atoms with van der Waals surface area (Å²) < 4.78 is 0. The molecule has 2 unspecified atom stereocenters. The third kappa shape index (κ3) is 7.10. The molecule has 0 amide bonds. The van der Waals surface area contributed by atoms with E-state index in [-0.39, 0.29) is 0 Å². The lowest BCUT2D eigenvalue weighted by molar-refractivity contribution is -0.127. The summed E-state index contributed by atoms with van der Waals surface area (Å²) in [5, 5.41) is 0. The summed E-state index contributed by atoms with van der Waals surface area (Å²) in [6.07, 6.45) is 19.0. The number of carbonyl (C=O) groups excluding carboxylic acids is 1. The predicted molar refractivity (Wildman–Crippen MR) is 123 cm³/mol. The zero-order valence-corrected chi connectivity index (χ0v) is 18.4. The molecule has 0 radical (unpaired) electrons. The lowest BCUT2D eigenvalue weighted by atomic mass is 9.76. The Morgan fingerprint density at radius 1 is 0.931 bits per heavy atom. The van der Waals surface area contributed by atoms with Crippen LogP contribution in [0.4, 0.5) is 0 Å². The van der Waals surface area contributed by atoms with Gasteiger partial charge in [-0.05, 0) is 50.5 Å². The fourth-order valence-electron chi connectivity index (χ4n) is 5.47. The Balaban J connectivity index is 1.36. The van der Waals surface area contributed by atoms with Crippen LogP contribution in [0.5, 0.6) is 0 Å². The van der Waals surface area contributed by atoms with Crippen LogP contribution in [-0.4, -0.2) is 22.8 Å². The molecule has 0 aromatic heterocycles. The van der Waals surface area contributed by atoms with Crippen LogP contribution in [0.2, 0.25) is 0 Å². The standard InChI is InChI=1S/C27H41NO/c1-2-3-4-5-6-7-8-9-13-19-27(29)24-20-25-17-14-18-26(21-24)28(25)22-23-15-11-10-12-16-23/h2,10-12,15-16,24-26H,1,3-9,13-14,17-22H2. The van der Waals surface area contributed by atoms with Gasteiger partial charge in [0.05, 0.1) is 0 Å². The van der Waals surface area contributed by atoms with Gasteiger partial charge in [-0.25, -0.2) is 0 Å². The molecule has 2 saturated heterocycles. The second-order valence-corrected chi connectivity index (χ2v) is 9.33. The van der Waals surface area contributed by atoms with Gasteiger partial charge in [0.2, 0.25) is 0 Å². The van der Waals surface area contributed by atoms with Crippen molar-refractivity contribution in [3.8, 4) is 0 Å². The lowest BCUT2D eigenvalue weighted by Gasteiger charge is -2.48. The lowest BCUT2D eigenvalue weighted by Crippen LogP contribution is -2.52. The maximum Gasteiger partial charge on any atom is 0.136 e. The number of nitrogens with zero attached hydrogens (tertiary/aromatic N) is 1. The first kappa shape index (κ1) is 22.3. The minimum Gasteiger partial charge on any atom is -0.299 e. The third-order valence-electron chi connectivity index (χ3n) is 7.12. The number of rotatable bonds is 13. The van der Waals surface area contributed by atoms with Crippen molar-refractivity contribution in [2.45, 2.75) is 109 Å². The van der Waals surface area contributed by atoms with Crippen LogP contribution in [0.3, 0.4) is 0 Å². The minimum atomic E-state index is 0.330. The van der Waals surface area contributed by atoms with Gasteiger partial charge in [0.1, 0.15) is 5.78 Å². The number of Topliss-reactive ketones (excluding diaryl/α,β-unsaturated/α-hetero) is 1. The zero-order chi connectivity index (χ0) is 20.3. The highest BCUT2D eigenvalue weighted by atomic mass is 16.1. The molecule has 2 heterocycles. The Morgan fingerprint density at radius 2 is 1.55 bits per heavy atom. The fourth-order valence-corrected chi connectivity index (χ4v) is 5.47. The summed E-state index contributed by atoms with van der Waals surface area (Å²) in [6, 6.07) is 12.1. The Hall–Kier alpha value is -1.41. The molecular weight excluding hydrogens is 354 g/mol. The van der Waals surface area contributed by atoms with Crippen molar-refractivity contribution in [2.24, 2.45) is 5.92 Å². The van der Waals surface area contributed by atoms with Crippen LogP contribution in [0.15, 0.2) is 43.0 Å². The quantitative estimate of drug-likeness (QED) is 0.262. The number of benzene rings is 1. The van der Waals surface area contributed by atoms with Crippen molar-refractivity contribution in [1.29, 1.82) is 0 Å². The van der Waals surface area contributed by atoms with E-state index in [1.165, 1.54) is 63.4 Å². The summed E-state index contributed by atoms with van der Waals surface area (Å²) in [5.41, 5.74) is 1.42. The van der Waals surface area contributed by atoms with Crippen LogP contribution in [0.1, 0.15) is 95.5 Å². The highest BCUT2D eigenvalue weighted by Gasteiger charge is 2.40. The molecule has 0 spiro atoms. The van der Waals surface area contributed by atoms with Crippen LogP contribution >= 0.6 is 0 Å². The average Bonchev–Trinajstić information content (AvgIpc) is 2.73. The average molecular weight is 396 g/mol. The molecule has 2 fully saturated rings. The van der Waals surface area contributed by atoms with Gasteiger partial charge in [-0.1, -0.05) is 74.9 Å². The molecule has 1 aromatic carbocycles. The molecule has 2 heteroatoms. The van der Waals surface area contributed by atoms with Gasteiger partial charge in [-0.3, -0.25) is 9.69 Å². The first-order valence-corrected chi connectivity index (χ1v) is 12.2. The van der Waals surface area contributed by atoms with Crippen molar-refractivity contribution in [3.05, 3.63) is 48.6 Å². The molecule has 2 nitrogen and oxygen atoms in total. The molecule has 2 atom stereocenters. The van der Waals surface area contributed by atoms with Crippen molar-refractivity contribution in [1.82, 2.24) is 4.90 Å². The van der Waals surface area contributed by atoms with Gasteiger partial charge in [-0.15, -0.1) is 6.58 Å². The van der Waals surface area contributed by atoms with E-state index < -0.39 is 0 Å². The van der Waals surface area contributed by atoms with Crippen molar-refractivity contribution >= 4 is 5.78 Å². The summed E-state index contributed by atoms with van der Waals surface area (Å²) in [5.74, 6) is 0.892. The Kier molecular flexibility index (Phi) is 9.47. The van der Waals surface area contributed by atoms with E-state index in [2.05, 4.69) is 41.8 Å². The number of piperidine rings is 2. The van der Waals surface area contributed by atoms with Crippen LogP contribution in [0.25, 0.3) is 0 Å². The SMILES string of the molecule is C=CCCCCCCCCCC(=O)C1CC2CCCC(C1)N2Cc1ccccc1. The number of fused-ring (bicyclic) bond motifs is 2. The van der Waals surface area contributed by atoms with Gasteiger partial charge in [0.25, 0.3) is 0 Å². The van der Waals surface area contributed by atoms with Crippen LogP contribution in [0, 0.1) is 5.92 Å². The normalized spacial score (nSPS) is 24.3. The molecule has 160 valence electrons. The maximum atomic E-state index is 12.9. The van der Waals surface area contributed by atoms with E-state index in [1.54, 1.807) is 0 Å². The monoisotopic (exact) mass is 395 g/mol. The molecule has 0 saturated carbocycles. The molecule has 1 aromatic rings. The smallest absolute Gasteiger partial charge is 0.136 e. The number of allylic oxidation sites excluding steroid dienone is 1. The number of carbonyl (C=O) groups is 1. The molecule has 2 bridgehead atoms. The fraction of sp³-hybridized carbons (Fsp3) is 0.667. The van der Waals surface area contributed by atoms with Crippen LogP contribution < -0.4 is 0 Å². The van der Waals surface area contributed by atoms with E-state index in [0.717, 1.165) is 38.6 Å². The molecule has 0 aliphatic carbocycles. The molecule has 29 heavy (non-hydrogen) atoms. The number of ketones is 1. The van der Waals surface area contributed by atoms with E-state index in [9.17, 15) is 4.79 Å². The summed E-state index contributed by atoms with van der Waals surface area (Å²) in [4.78, 5) is 15.6. The highest BCUT2D eigenvalue weighted by molar-refractivity contribution is 5.81. The number of hydrogen-bond acceptors (Lipinski definition) is 2. The minimum absolute atomic E-state index is 0.330. The van der Waals surface area contributed by atoms with Gasteiger partial charge in [0.15, 0.2) is 0 Å². The van der Waals surface area contributed by atoms with E-state index in [4.69, 9.17) is 0 Å².